The van der Waals surface area contributed by atoms with E-state index in [-0.39, 0.29) is 17.1 Å². The number of carbonyl (C=O) groups excluding carboxylic acids is 3. The molecule has 0 saturated carbocycles. The molecule has 4 rings (SSSR count). The van der Waals surface area contributed by atoms with Gasteiger partial charge < -0.3 is 9.15 Å². The van der Waals surface area contributed by atoms with Gasteiger partial charge in [0.05, 0.1) is 18.2 Å². The molecule has 1 aliphatic carbocycles. The molecule has 1 aromatic heterocycles. The maximum Gasteiger partial charge on any atom is 0.337 e. The highest BCUT2D eigenvalue weighted by Gasteiger charge is 2.32. The minimum absolute atomic E-state index is 0.0955. The van der Waals surface area contributed by atoms with Gasteiger partial charge in [0.2, 0.25) is 0 Å². The van der Waals surface area contributed by atoms with Crippen LogP contribution in [0.1, 0.15) is 36.8 Å². The van der Waals surface area contributed by atoms with E-state index >= 15 is 0 Å². The van der Waals surface area contributed by atoms with E-state index < -0.39 is 5.97 Å². The largest absolute Gasteiger partial charge is 0.465 e. The third-order valence-corrected chi connectivity index (χ3v) is 4.41. The summed E-state index contributed by atoms with van der Waals surface area (Å²) in [5.41, 5.74) is 2.13. The van der Waals surface area contributed by atoms with Gasteiger partial charge in [-0.1, -0.05) is 36.4 Å². The van der Waals surface area contributed by atoms with E-state index in [0.29, 0.717) is 28.2 Å². The third kappa shape index (κ3) is 2.89. The van der Waals surface area contributed by atoms with Crippen molar-refractivity contribution in [2.75, 3.05) is 7.11 Å². The van der Waals surface area contributed by atoms with Gasteiger partial charge in [-0.15, -0.1) is 0 Å². The summed E-state index contributed by atoms with van der Waals surface area (Å²) in [7, 11) is 1.33. The van der Waals surface area contributed by atoms with Gasteiger partial charge in [0, 0.05) is 16.7 Å². The van der Waals surface area contributed by atoms with Crippen LogP contribution in [0, 0.1) is 0 Å². The molecule has 0 N–H and O–H groups in total. The first kappa shape index (κ1) is 16.7. The van der Waals surface area contributed by atoms with Gasteiger partial charge in [-0.25, -0.2) is 4.79 Å². The lowest BCUT2D eigenvalue weighted by Crippen LogP contribution is -2.00. The highest BCUT2D eigenvalue weighted by Crippen LogP contribution is 2.29. The predicted molar refractivity (Wildman–Crippen MR) is 98.6 cm³/mol. The second kappa shape index (κ2) is 6.53. The van der Waals surface area contributed by atoms with Crippen molar-refractivity contribution in [2.24, 2.45) is 0 Å². The van der Waals surface area contributed by atoms with E-state index in [4.69, 9.17) is 4.42 Å². The van der Waals surface area contributed by atoms with Crippen LogP contribution in [0.2, 0.25) is 0 Å². The molecule has 0 atom stereocenters. The van der Waals surface area contributed by atoms with E-state index in [1.807, 2.05) is 0 Å². The fourth-order valence-electron chi connectivity index (χ4n) is 3.02. The molecule has 1 aliphatic rings. The minimum atomic E-state index is -0.413. The second-order valence-electron chi connectivity index (χ2n) is 6.03. The summed E-state index contributed by atoms with van der Waals surface area (Å²) in [5.74, 6) is -0.0311. The number of ether oxygens (including phenoxy) is 1. The van der Waals surface area contributed by atoms with Crippen molar-refractivity contribution < 1.29 is 23.5 Å². The van der Waals surface area contributed by atoms with Crippen molar-refractivity contribution in [1.29, 1.82) is 0 Å². The molecule has 3 aromatic rings. The Morgan fingerprint density at radius 1 is 0.889 bits per heavy atom. The molecule has 27 heavy (non-hydrogen) atoms. The van der Waals surface area contributed by atoms with E-state index in [0.717, 1.165) is 5.56 Å². The zero-order valence-corrected chi connectivity index (χ0v) is 14.4. The first-order chi connectivity index (χ1) is 13.1. The molecule has 132 valence electrons. The van der Waals surface area contributed by atoms with Crippen LogP contribution < -0.4 is 0 Å². The lowest BCUT2D eigenvalue weighted by molar-refractivity contribution is 0.0600. The van der Waals surface area contributed by atoms with Crippen molar-refractivity contribution >= 4 is 23.6 Å². The molecular formula is C22H14O5. The van der Waals surface area contributed by atoms with E-state index in [2.05, 4.69) is 4.74 Å². The molecule has 0 radical (unpaired) electrons. The normalized spacial score (nSPS) is 12.9. The highest BCUT2D eigenvalue weighted by molar-refractivity contribution is 6.41. The van der Waals surface area contributed by atoms with Gasteiger partial charge in [-0.05, 0) is 30.3 Å². The minimum Gasteiger partial charge on any atom is -0.465 e. The van der Waals surface area contributed by atoms with Crippen LogP contribution in [0.15, 0.2) is 70.7 Å². The Kier molecular flexibility index (Phi) is 4.05. The van der Waals surface area contributed by atoms with Crippen molar-refractivity contribution in [1.82, 2.24) is 0 Å². The number of Topliss-reactive ketones (excluding diaryl/α,β-unsaturated/α-hetero) is 2. The Bertz CT molecular complexity index is 1060. The third-order valence-electron chi connectivity index (χ3n) is 4.41. The number of ketones is 2. The topological polar surface area (TPSA) is 73.6 Å². The van der Waals surface area contributed by atoms with Crippen molar-refractivity contribution in [2.45, 2.75) is 0 Å². The summed E-state index contributed by atoms with van der Waals surface area (Å²) in [6, 6.07) is 17.0. The smallest absolute Gasteiger partial charge is 0.337 e. The average molecular weight is 358 g/mol. The number of carbonyl (C=O) groups is 3. The number of fused-ring (bicyclic) bond motifs is 1. The molecule has 0 unspecified atom stereocenters. The molecule has 5 heteroatoms. The first-order valence-electron chi connectivity index (χ1n) is 8.27. The van der Waals surface area contributed by atoms with Gasteiger partial charge in [-0.2, -0.15) is 0 Å². The van der Waals surface area contributed by atoms with Crippen LogP contribution >= 0.6 is 0 Å². The van der Waals surface area contributed by atoms with Crippen LogP contribution in [0.4, 0.5) is 0 Å². The standard InChI is InChI=1S/C22H14O5/c1-26-22(25)14-8-6-13(7-9-14)19-11-10-15(27-19)12-18-20(23)16-4-2-3-5-17(16)21(18)24/h2-12H,1H3. The number of benzene rings is 2. The Labute approximate surface area is 154 Å². The van der Waals surface area contributed by atoms with Crippen LogP contribution in [-0.4, -0.2) is 24.6 Å². The maximum absolute atomic E-state index is 12.4. The number of methoxy groups -OCH3 is 1. The number of allylic oxidation sites excluding steroid dienone is 1. The Balaban J connectivity index is 1.62. The lowest BCUT2D eigenvalue weighted by Gasteiger charge is -2.00. The molecule has 0 spiro atoms. The molecule has 0 bridgehead atoms. The monoisotopic (exact) mass is 358 g/mol. The average Bonchev–Trinajstić information content (AvgIpc) is 3.27. The molecule has 0 amide bonds. The predicted octanol–water partition coefficient (Wildman–Crippen LogP) is 4.20. The maximum atomic E-state index is 12.4. The van der Waals surface area contributed by atoms with E-state index in [1.54, 1.807) is 60.7 Å². The lowest BCUT2D eigenvalue weighted by atomic mass is 10.1. The van der Waals surface area contributed by atoms with Gasteiger partial charge >= 0.3 is 5.97 Å². The molecule has 1 heterocycles. The summed E-state index contributed by atoms with van der Waals surface area (Å²) in [6.07, 6.45) is 1.47. The van der Waals surface area contributed by atoms with Crippen LogP contribution in [0.3, 0.4) is 0 Å². The zero-order valence-electron chi connectivity index (χ0n) is 14.4. The second-order valence-corrected chi connectivity index (χ2v) is 6.03. The SMILES string of the molecule is COC(=O)c1ccc(-c2ccc(C=C3C(=O)c4ccccc4C3=O)o2)cc1. The van der Waals surface area contributed by atoms with E-state index in [1.165, 1.54) is 13.2 Å². The quantitative estimate of drug-likeness (QED) is 0.399. The molecule has 0 saturated heterocycles. The molecular weight excluding hydrogens is 344 g/mol. The summed E-state index contributed by atoms with van der Waals surface area (Å²) >= 11 is 0. The summed E-state index contributed by atoms with van der Waals surface area (Å²) in [4.78, 5) is 36.4. The number of hydrogen-bond donors (Lipinski definition) is 0. The van der Waals surface area contributed by atoms with Crippen molar-refractivity contribution in [3.63, 3.8) is 0 Å². The van der Waals surface area contributed by atoms with Gasteiger partial charge in [-0.3, -0.25) is 9.59 Å². The molecule has 5 nitrogen and oxygen atoms in total. The van der Waals surface area contributed by atoms with Crippen LogP contribution in [0.25, 0.3) is 17.4 Å². The number of esters is 1. The summed E-state index contributed by atoms with van der Waals surface area (Å²) in [6.45, 7) is 0. The van der Waals surface area contributed by atoms with E-state index in [9.17, 15) is 14.4 Å². The fourth-order valence-corrected chi connectivity index (χ4v) is 3.02. The zero-order chi connectivity index (χ0) is 19.0. The Hall–Kier alpha value is -3.73. The molecule has 2 aromatic carbocycles. The first-order valence-corrected chi connectivity index (χ1v) is 8.27. The van der Waals surface area contributed by atoms with Crippen molar-refractivity contribution in [3.8, 4) is 11.3 Å². The number of furan rings is 1. The molecule has 0 fully saturated rings. The number of rotatable bonds is 3. The summed E-state index contributed by atoms with van der Waals surface area (Å²) in [5, 5.41) is 0. The Morgan fingerprint density at radius 3 is 2.11 bits per heavy atom. The molecule has 0 aliphatic heterocycles. The van der Waals surface area contributed by atoms with Crippen LogP contribution in [-0.2, 0) is 4.74 Å². The van der Waals surface area contributed by atoms with Gasteiger partial charge in [0.1, 0.15) is 11.5 Å². The number of hydrogen-bond acceptors (Lipinski definition) is 5. The summed E-state index contributed by atoms with van der Waals surface area (Å²) < 4.78 is 10.4. The Morgan fingerprint density at radius 2 is 1.52 bits per heavy atom. The van der Waals surface area contributed by atoms with Gasteiger partial charge in [0.15, 0.2) is 11.6 Å². The van der Waals surface area contributed by atoms with Crippen LogP contribution in [0.5, 0.6) is 0 Å². The fraction of sp³-hybridized carbons (Fsp3) is 0.0455. The van der Waals surface area contributed by atoms with Gasteiger partial charge in [0.25, 0.3) is 0 Å². The van der Waals surface area contributed by atoms with Crippen molar-refractivity contribution in [3.05, 3.63) is 88.7 Å². The highest BCUT2D eigenvalue weighted by atomic mass is 16.5.